The summed E-state index contributed by atoms with van der Waals surface area (Å²) in [7, 11) is 0. The van der Waals surface area contributed by atoms with E-state index in [1.807, 2.05) is 6.07 Å². The Labute approximate surface area is 232 Å². The minimum Gasteiger partial charge on any atom is -0.465 e. The highest BCUT2D eigenvalue weighted by atomic mass is 16.6. The fourth-order valence-electron chi connectivity index (χ4n) is 3.87. The molecule has 0 bridgehead atoms. The monoisotopic (exact) mass is 549 g/mol. The van der Waals surface area contributed by atoms with E-state index in [1.165, 1.54) is 15.6 Å². The highest BCUT2D eigenvalue weighted by Crippen LogP contribution is 2.21. The van der Waals surface area contributed by atoms with Crippen LogP contribution < -0.4 is 21.1 Å². The van der Waals surface area contributed by atoms with Crippen molar-refractivity contribution < 1.29 is 24.2 Å². The van der Waals surface area contributed by atoms with Crippen LogP contribution in [0.2, 0.25) is 0 Å². The molecule has 1 heterocycles. The molecule has 212 valence electrons. The number of carboxylic acid groups (broad SMARTS) is 1. The maximum atomic E-state index is 12.5. The number of aromatic nitrogens is 2. The molecule has 0 aliphatic carbocycles. The molecule has 0 unspecified atom stereocenters. The number of carbonyl (C=O) groups excluding carboxylic acids is 2. The van der Waals surface area contributed by atoms with E-state index >= 15 is 0 Å². The van der Waals surface area contributed by atoms with Crippen molar-refractivity contribution in [2.24, 2.45) is 0 Å². The van der Waals surface area contributed by atoms with E-state index in [4.69, 9.17) is 4.74 Å². The van der Waals surface area contributed by atoms with Crippen LogP contribution in [0.4, 0.5) is 21.0 Å². The van der Waals surface area contributed by atoms with Crippen molar-refractivity contribution in [2.45, 2.75) is 52.7 Å². The van der Waals surface area contributed by atoms with Gasteiger partial charge in [0.2, 0.25) is 5.91 Å². The molecule has 0 saturated carbocycles. The van der Waals surface area contributed by atoms with E-state index in [-0.39, 0.29) is 24.4 Å². The van der Waals surface area contributed by atoms with Gasteiger partial charge in [0.15, 0.2) is 0 Å². The molecule has 3 N–H and O–H groups in total. The Bertz CT molecular complexity index is 1410. The van der Waals surface area contributed by atoms with Gasteiger partial charge >= 0.3 is 12.2 Å². The van der Waals surface area contributed by atoms with Crippen molar-refractivity contribution in [3.05, 3.63) is 76.6 Å². The summed E-state index contributed by atoms with van der Waals surface area (Å²) in [6.07, 6.45) is -0.924. The van der Waals surface area contributed by atoms with Gasteiger partial charge in [0, 0.05) is 42.5 Å². The molecule has 3 rings (SSSR count). The predicted octanol–water partition coefficient (Wildman–Crippen LogP) is 4.71. The third-order valence-corrected chi connectivity index (χ3v) is 5.66. The molecule has 0 fully saturated rings. The Kier molecular flexibility index (Phi) is 10.0. The second kappa shape index (κ2) is 13.4. The third kappa shape index (κ3) is 8.97. The fraction of sp³-hybridized carbons (Fsp3) is 0.345. The zero-order valence-corrected chi connectivity index (χ0v) is 23.1. The zero-order valence-electron chi connectivity index (χ0n) is 23.1. The van der Waals surface area contributed by atoms with Gasteiger partial charge in [0.05, 0.1) is 12.2 Å². The van der Waals surface area contributed by atoms with Gasteiger partial charge in [-0.2, -0.15) is 5.10 Å². The molecule has 0 atom stereocenters. The summed E-state index contributed by atoms with van der Waals surface area (Å²) in [6, 6.07) is 17.1. The van der Waals surface area contributed by atoms with Crippen LogP contribution in [0.15, 0.2) is 65.5 Å². The Morgan fingerprint density at radius 1 is 1.05 bits per heavy atom. The molecule has 1 aromatic heterocycles. The quantitative estimate of drug-likeness (QED) is 0.311. The molecule has 0 radical (unpaired) electrons. The van der Waals surface area contributed by atoms with Crippen molar-refractivity contribution in [1.29, 1.82) is 0 Å². The zero-order chi connectivity index (χ0) is 29.3. The van der Waals surface area contributed by atoms with Crippen molar-refractivity contribution in [3.8, 4) is 11.3 Å². The van der Waals surface area contributed by atoms with Gasteiger partial charge in [-0.1, -0.05) is 24.3 Å². The Morgan fingerprint density at radius 2 is 1.80 bits per heavy atom. The van der Waals surface area contributed by atoms with E-state index in [9.17, 15) is 24.3 Å². The SMILES string of the molecule is CCN(C(=O)O)c1cccc(Cn2nc(-c3cccc(NC(=O)CCCNC(=O)OC(C)(C)C)c3)ccc2=O)c1. The number of anilines is 2. The summed E-state index contributed by atoms with van der Waals surface area (Å²) in [5.74, 6) is -0.205. The van der Waals surface area contributed by atoms with Gasteiger partial charge in [-0.15, -0.1) is 0 Å². The number of rotatable bonds is 10. The summed E-state index contributed by atoms with van der Waals surface area (Å²) < 4.78 is 6.49. The summed E-state index contributed by atoms with van der Waals surface area (Å²) in [5, 5.41) is 19.4. The van der Waals surface area contributed by atoms with Crippen LogP contribution in [0.25, 0.3) is 11.3 Å². The standard InChI is InChI=1S/C29H35N5O6/c1-5-33(28(38)39)23-12-6-9-20(17-23)19-34-26(36)15-14-24(32-34)21-10-7-11-22(18-21)31-25(35)13-8-16-30-27(37)40-29(2,3)4/h6-7,9-12,14-15,17-18H,5,8,13,16,19H2,1-4H3,(H,30,37)(H,31,35)(H,38,39). The van der Waals surface area contributed by atoms with Crippen molar-refractivity contribution in [1.82, 2.24) is 15.1 Å². The molecule has 0 aliphatic heterocycles. The minimum absolute atomic E-state index is 0.158. The number of nitrogens with zero attached hydrogens (tertiary/aromatic N) is 3. The molecule has 11 heteroatoms. The second-order valence-corrected chi connectivity index (χ2v) is 10.1. The van der Waals surface area contributed by atoms with Crippen LogP contribution in [-0.4, -0.2) is 51.7 Å². The average molecular weight is 550 g/mol. The summed E-state index contributed by atoms with van der Waals surface area (Å²) in [5.41, 5.74) is 2.17. The summed E-state index contributed by atoms with van der Waals surface area (Å²) in [6.45, 7) is 7.84. The van der Waals surface area contributed by atoms with Gasteiger partial charge in [-0.25, -0.2) is 14.3 Å². The molecule has 2 aromatic carbocycles. The molecular formula is C29H35N5O6. The topological polar surface area (TPSA) is 143 Å². The smallest absolute Gasteiger partial charge is 0.411 e. The largest absolute Gasteiger partial charge is 0.465 e. The van der Waals surface area contributed by atoms with Crippen LogP contribution in [0.1, 0.15) is 46.1 Å². The first-order chi connectivity index (χ1) is 18.9. The van der Waals surface area contributed by atoms with Crippen LogP contribution >= 0.6 is 0 Å². The highest BCUT2D eigenvalue weighted by Gasteiger charge is 2.16. The third-order valence-electron chi connectivity index (χ3n) is 5.66. The number of ether oxygens (including phenoxy) is 1. The highest BCUT2D eigenvalue weighted by molar-refractivity contribution is 5.91. The first-order valence-corrected chi connectivity index (χ1v) is 13.0. The average Bonchev–Trinajstić information content (AvgIpc) is 2.87. The van der Waals surface area contributed by atoms with E-state index in [1.54, 1.807) is 76.2 Å². The van der Waals surface area contributed by atoms with Crippen molar-refractivity contribution >= 4 is 29.5 Å². The molecule has 0 aliphatic rings. The van der Waals surface area contributed by atoms with Crippen LogP contribution in [0, 0.1) is 0 Å². The number of alkyl carbamates (subject to hydrolysis) is 1. The Hall–Kier alpha value is -4.67. The molecule has 0 spiro atoms. The number of hydrogen-bond acceptors (Lipinski definition) is 6. The van der Waals surface area contributed by atoms with E-state index in [0.717, 1.165) is 5.56 Å². The van der Waals surface area contributed by atoms with E-state index < -0.39 is 17.8 Å². The maximum Gasteiger partial charge on any atom is 0.411 e. The van der Waals surface area contributed by atoms with Crippen molar-refractivity contribution in [3.63, 3.8) is 0 Å². The molecule has 3 amide bonds. The van der Waals surface area contributed by atoms with Gasteiger partial charge in [-0.05, 0) is 70.0 Å². The lowest BCUT2D eigenvalue weighted by Crippen LogP contribution is -2.33. The van der Waals surface area contributed by atoms with Crippen molar-refractivity contribution in [2.75, 3.05) is 23.3 Å². The van der Waals surface area contributed by atoms with Gasteiger partial charge in [-0.3, -0.25) is 14.5 Å². The lowest BCUT2D eigenvalue weighted by Gasteiger charge is -2.19. The lowest BCUT2D eigenvalue weighted by molar-refractivity contribution is -0.116. The molecule has 3 aromatic rings. The number of benzene rings is 2. The Balaban J connectivity index is 1.65. The minimum atomic E-state index is -1.05. The van der Waals surface area contributed by atoms with Gasteiger partial charge in [0.1, 0.15) is 5.60 Å². The Morgan fingerprint density at radius 3 is 2.50 bits per heavy atom. The lowest BCUT2D eigenvalue weighted by atomic mass is 10.1. The van der Waals surface area contributed by atoms with Crippen LogP contribution in [0.5, 0.6) is 0 Å². The van der Waals surface area contributed by atoms with Gasteiger partial charge in [0.25, 0.3) is 5.56 Å². The molecule has 11 nitrogen and oxygen atoms in total. The molecule has 40 heavy (non-hydrogen) atoms. The normalized spacial score (nSPS) is 11.0. The predicted molar refractivity (Wildman–Crippen MR) is 153 cm³/mol. The van der Waals surface area contributed by atoms with Crippen LogP contribution in [-0.2, 0) is 16.1 Å². The summed E-state index contributed by atoms with van der Waals surface area (Å²) >= 11 is 0. The fourth-order valence-corrected chi connectivity index (χ4v) is 3.87. The first-order valence-electron chi connectivity index (χ1n) is 13.0. The van der Waals surface area contributed by atoms with E-state index in [0.29, 0.717) is 42.1 Å². The first kappa shape index (κ1) is 29.9. The number of carbonyl (C=O) groups is 3. The van der Waals surface area contributed by atoms with Gasteiger partial charge < -0.3 is 20.5 Å². The number of amides is 3. The number of nitrogens with one attached hydrogen (secondary N) is 2. The number of hydrogen-bond donors (Lipinski definition) is 3. The summed E-state index contributed by atoms with van der Waals surface area (Å²) in [4.78, 5) is 49.4. The maximum absolute atomic E-state index is 12.5. The molecular weight excluding hydrogens is 514 g/mol. The van der Waals surface area contributed by atoms with Crippen LogP contribution in [0.3, 0.4) is 0 Å². The van der Waals surface area contributed by atoms with E-state index in [2.05, 4.69) is 15.7 Å². The second-order valence-electron chi connectivity index (χ2n) is 10.1. The molecule has 0 saturated heterocycles.